The Kier molecular flexibility index (Phi) is 4.01. The third-order valence-electron chi connectivity index (χ3n) is 2.25. The van der Waals surface area contributed by atoms with E-state index in [9.17, 15) is 0 Å². The van der Waals surface area contributed by atoms with E-state index < -0.39 is 0 Å². The van der Waals surface area contributed by atoms with E-state index in [0.29, 0.717) is 23.6 Å². The van der Waals surface area contributed by atoms with Crippen LogP contribution in [0.2, 0.25) is 0 Å². The standard InChI is InChI=1S/C10H17N5/c1-2-3-4-14-15-7-8(6-11)9(12)5-10(15)13/h5,14H,2-4,7,12-13H2,1H3. The summed E-state index contributed by atoms with van der Waals surface area (Å²) < 4.78 is 0. The molecule has 0 saturated heterocycles. The van der Waals surface area contributed by atoms with E-state index in [-0.39, 0.29) is 0 Å². The van der Waals surface area contributed by atoms with Crippen molar-refractivity contribution in [1.29, 1.82) is 5.26 Å². The monoisotopic (exact) mass is 207 g/mol. The van der Waals surface area contributed by atoms with E-state index >= 15 is 0 Å². The molecule has 0 bridgehead atoms. The van der Waals surface area contributed by atoms with Crippen LogP contribution < -0.4 is 16.9 Å². The molecule has 1 heterocycles. The summed E-state index contributed by atoms with van der Waals surface area (Å²) in [5, 5.41) is 10.6. The maximum absolute atomic E-state index is 8.82. The zero-order valence-corrected chi connectivity index (χ0v) is 8.95. The molecule has 0 radical (unpaired) electrons. The summed E-state index contributed by atoms with van der Waals surface area (Å²) in [6, 6.07) is 2.07. The van der Waals surface area contributed by atoms with Gasteiger partial charge in [-0.25, -0.2) is 5.43 Å². The van der Waals surface area contributed by atoms with Gasteiger partial charge in [-0.05, 0) is 6.42 Å². The number of hydrazine groups is 1. The third kappa shape index (κ3) is 2.89. The molecule has 1 aliphatic rings. The number of rotatable bonds is 4. The van der Waals surface area contributed by atoms with Gasteiger partial charge in [0.05, 0.1) is 23.9 Å². The van der Waals surface area contributed by atoms with Gasteiger partial charge in [0.2, 0.25) is 0 Å². The highest BCUT2D eigenvalue weighted by Crippen LogP contribution is 2.11. The van der Waals surface area contributed by atoms with Crippen molar-refractivity contribution in [2.75, 3.05) is 13.1 Å². The maximum atomic E-state index is 8.82. The third-order valence-corrected chi connectivity index (χ3v) is 2.25. The highest BCUT2D eigenvalue weighted by Gasteiger charge is 2.16. The fourth-order valence-corrected chi connectivity index (χ4v) is 1.30. The summed E-state index contributed by atoms with van der Waals surface area (Å²) in [4.78, 5) is 0. The fourth-order valence-electron chi connectivity index (χ4n) is 1.30. The number of nitrogens with one attached hydrogen (secondary N) is 1. The van der Waals surface area contributed by atoms with E-state index in [0.717, 1.165) is 19.4 Å². The predicted molar refractivity (Wildman–Crippen MR) is 58.7 cm³/mol. The highest BCUT2D eigenvalue weighted by atomic mass is 15.5. The minimum absolute atomic E-state index is 0.439. The van der Waals surface area contributed by atoms with Crippen molar-refractivity contribution in [1.82, 2.24) is 10.4 Å². The molecule has 15 heavy (non-hydrogen) atoms. The number of hydrogen-bond donors (Lipinski definition) is 3. The summed E-state index contributed by atoms with van der Waals surface area (Å²) in [6.07, 6.45) is 3.80. The van der Waals surface area contributed by atoms with Gasteiger partial charge in [0.25, 0.3) is 0 Å². The Morgan fingerprint density at radius 1 is 1.60 bits per heavy atom. The number of nitriles is 1. The summed E-state index contributed by atoms with van der Waals surface area (Å²) in [5.41, 5.74) is 15.6. The minimum atomic E-state index is 0.439. The van der Waals surface area contributed by atoms with Gasteiger partial charge in [0, 0.05) is 12.6 Å². The van der Waals surface area contributed by atoms with E-state index in [1.165, 1.54) is 0 Å². The van der Waals surface area contributed by atoms with Crippen molar-refractivity contribution >= 4 is 0 Å². The summed E-state index contributed by atoms with van der Waals surface area (Å²) in [7, 11) is 0. The average Bonchev–Trinajstić information content (AvgIpc) is 2.21. The van der Waals surface area contributed by atoms with Crippen molar-refractivity contribution in [2.45, 2.75) is 19.8 Å². The number of nitrogens with two attached hydrogens (primary N) is 2. The van der Waals surface area contributed by atoms with Gasteiger partial charge >= 0.3 is 0 Å². The van der Waals surface area contributed by atoms with Crippen molar-refractivity contribution in [3.63, 3.8) is 0 Å². The number of hydrogen-bond acceptors (Lipinski definition) is 5. The SMILES string of the molecule is CCCCNN1CC(C#N)=C(N)C=C1N. The van der Waals surface area contributed by atoms with Gasteiger partial charge in [0.1, 0.15) is 5.82 Å². The van der Waals surface area contributed by atoms with Crippen LogP contribution in [0.1, 0.15) is 19.8 Å². The number of allylic oxidation sites excluding steroid dienone is 1. The van der Waals surface area contributed by atoms with Gasteiger partial charge in [0.15, 0.2) is 0 Å². The Bertz CT molecular complexity index is 323. The lowest BCUT2D eigenvalue weighted by Gasteiger charge is -2.28. The van der Waals surface area contributed by atoms with Gasteiger partial charge < -0.3 is 11.5 Å². The first kappa shape index (κ1) is 11.4. The topological polar surface area (TPSA) is 91.1 Å². The van der Waals surface area contributed by atoms with Crippen LogP contribution in [0.25, 0.3) is 0 Å². The molecule has 5 heteroatoms. The molecule has 0 aromatic carbocycles. The minimum Gasteiger partial charge on any atom is -0.398 e. The normalized spacial score (nSPS) is 16.3. The predicted octanol–water partition coefficient (Wildman–Crippen LogP) is 0.143. The second-order valence-electron chi connectivity index (χ2n) is 3.46. The molecular weight excluding hydrogens is 190 g/mol. The Hall–Kier alpha value is -1.67. The lowest BCUT2D eigenvalue weighted by molar-refractivity contribution is 0.257. The Labute approximate surface area is 90.0 Å². The zero-order chi connectivity index (χ0) is 11.3. The average molecular weight is 207 g/mol. The maximum Gasteiger partial charge on any atom is 0.116 e. The molecule has 1 rings (SSSR count). The molecule has 0 fully saturated rings. The fraction of sp³-hybridized carbons (Fsp3) is 0.500. The van der Waals surface area contributed by atoms with E-state index in [1.54, 1.807) is 11.1 Å². The second-order valence-corrected chi connectivity index (χ2v) is 3.46. The number of nitrogens with zero attached hydrogens (tertiary/aromatic N) is 2. The van der Waals surface area contributed by atoms with Crippen molar-refractivity contribution in [2.24, 2.45) is 11.5 Å². The Balaban J connectivity index is 2.58. The van der Waals surface area contributed by atoms with Gasteiger partial charge in [-0.2, -0.15) is 5.26 Å². The first-order valence-corrected chi connectivity index (χ1v) is 5.06. The molecule has 82 valence electrons. The number of unbranched alkanes of at least 4 members (excludes halogenated alkanes) is 1. The molecule has 0 unspecified atom stereocenters. The Morgan fingerprint density at radius 3 is 2.93 bits per heavy atom. The van der Waals surface area contributed by atoms with Gasteiger partial charge in [-0.15, -0.1) is 0 Å². The summed E-state index contributed by atoms with van der Waals surface area (Å²) >= 11 is 0. The van der Waals surface area contributed by atoms with E-state index in [1.807, 2.05) is 0 Å². The van der Waals surface area contributed by atoms with Crippen molar-refractivity contribution in [3.05, 3.63) is 23.2 Å². The smallest absolute Gasteiger partial charge is 0.116 e. The van der Waals surface area contributed by atoms with Gasteiger partial charge in [-0.3, -0.25) is 5.01 Å². The molecule has 1 aliphatic heterocycles. The molecule has 0 aliphatic carbocycles. The lowest BCUT2D eigenvalue weighted by Crippen LogP contribution is -2.44. The van der Waals surface area contributed by atoms with Crippen molar-refractivity contribution in [3.8, 4) is 6.07 Å². The first-order valence-electron chi connectivity index (χ1n) is 5.06. The van der Waals surface area contributed by atoms with Crippen LogP contribution in [-0.2, 0) is 0 Å². The molecule has 0 saturated carbocycles. The molecule has 0 amide bonds. The van der Waals surface area contributed by atoms with E-state index in [2.05, 4.69) is 18.4 Å². The largest absolute Gasteiger partial charge is 0.398 e. The Morgan fingerprint density at radius 2 is 2.33 bits per heavy atom. The quantitative estimate of drug-likeness (QED) is 0.570. The molecule has 0 aromatic heterocycles. The second kappa shape index (κ2) is 5.27. The summed E-state index contributed by atoms with van der Waals surface area (Å²) in [5.74, 6) is 0.558. The molecule has 5 N–H and O–H groups in total. The van der Waals surface area contributed by atoms with Crippen LogP contribution >= 0.6 is 0 Å². The molecule has 5 nitrogen and oxygen atoms in total. The molecule has 0 spiro atoms. The van der Waals surface area contributed by atoms with Crippen LogP contribution in [0.3, 0.4) is 0 Å². The van der Waals surface area contributed by atoms with Crippen LogP contribution in [-0.4, -0.2) is 18.1 Å². The van der Waals surface area contributed by atoms with Crippen LogP contribution in [0.15, 0.2) is 23.2 Å². The molecule has 0 atom stereocenters. The van der Waals surface area contributed by atoms with Crippen LogP contribution in [0.4, 0.5) is 0 Å². The highest BCUT2D eigenvalue weighted by molar-refractivity contribution is 5.38. The molecular formula is C10H17N5. The van der Waals surface area contributed by atoms with Gasteiger partial charge in [-0.1, -0.05) is 13.3 Å². The lowest BCUT2D eigenvalue weighted by atomic mass is 10.1. The van der Waals surface area contributed by atoms with E-state index in [4.69, 9.17) is 16.7 Å². The summed E-state index contributed by atoms with van der Waals surface area (Å²) in [6.45, 7) is 3.41. The van der Waals surface area contributed by atoms with Crippen molar-refractivity contribution < 1.29 is 0 Å². The zero-order valence-electron chi connectivity index (χ0n) is 8.95. The van der Waals surface area contributed by atoms with Crippen LogP contribution in [0.5, 0.6) is 0 Å². The first-order chi connectivity index (χ1) is 7.19. The molecule has 0 aromatic rings. The van der Waals surface area contributed by atoms with Crippen LogP contribution in [0, 0.1) is 11.3 Å².